The Balaban J connectivity index is 2.16. The number of hydrogen-bond acceptors (Lipinski definition) is 2. The predicted octanol–water partition coefficient (Wildman–Crippen LogP) is 3.70. The lowest BCUT2D eigenvalue weighted by molar-refractivity contribution is 1.02. The first kappa shape index (κ1) is 12.7. The Kier molecular flexibility index (Phi) is 2.93. The third-order valence-electron chi connectivity index (χ3n) is 3.70. The first-order valence-corrected chi connectivity index (χ1v) is 6.72. The fourth-order valence-electron chi connectivity index (χ4n) is 2.78. The number of H-pyrrole nitrogens is 2. The third kappa shape index (κ3) is 1.93. The van der Waals surface area contributed by atoms with Crippen LogP contribution in [0.4, 0.5) is 0 Å². The van der Waals surface area contributed by atoms with Crippen molar-refractivity contribution >= 4 is 0 Å². The minimum Gasteiger partial charge on any atom is -0.282 e. The summed E-state index contributed by atoms with van der Waals surface area (Å²) in [7, 11) is 0. The summed E-state index contributed by atoms with van der Waals surface area (Å²) in [4.78, 5) is 0. The zero-order valence-electron chi connectivity index (χ0n) is 12.2. The van der Waals surface area contributed by atoms with Crippen molar-refractivity contribution in [2.24, 2.45) is 0 Å². The van der Waals surface area contributed by atoms with E-state index in [4.69, 9.17) is 0 Å². The zero-order valence-corrected chi connectivity index (χ0v) is 12.2. The van der Waals surface area contributed by atoms with E-state index in [0.29, 0.717) is 0 Å². The summed E-state index contributed by atoms with van der Waals surface area (Å²) >= 11 is 0. The lowest BCUT2D eigenvalue weighted by Crippen LogP contribution is -1.86. The molecule has 0 unspecified atom stereocenters. The topological polar surface area (TPSA) is 57.4 Å². The molecule has 0 spiro atoms. The molecule has 4 heteroatoms. The second-order valence-electron chi connectivity index (χ2n) is 5.20. The molecule has 102 valence electrons. The molecule has 0 aliphatic heterocycles. The Bertz CT molecular complexity index is 664. The number of hydrogen-bond donors (Lipinski definition) is 2. The van der Waals surface area contributed by atoms with Crippen LogP contribution in [0.5, 0.6) is 0 Å². The number of aromatic nitrogens is 4. The molecule has 20 heavy (non-hydrogen) atoms. The van der Waals surface area contributed by atoms with E-state index in [1.54, 1.807) is 0 Å². The minimum atomic E-state index is 1.03. The number of aryl methyl sites for hydroxylation is 4. The van der Waals surface area contributed by atoms with Gasteiger partial charge in [-0.3, -0.25) is 10.2 Å². The van der Waals surface area contributed by atoms with E-state index in [1.165, 1.54) is 22.3 Å². The van der Waals surface area contributed by atoms with Crippen molar-refractivity contribution in [3.05, 3.63) is 47.0 Å². The van der Waals surface area contributed by atoms with Crippen molar-refractivity contribution in [3.63, 3.8) is 0 Å². The number of benzene rings is 1. The monoisotopic (exact) mass is 266 g/mol. The quantitative estimate of drug-likeness (QED) is 0.743. The maximum atomic E-state index is 4.28. The first-order chi connectivity index (χ1) is 9.58. The zero-order chi connectivity index (χ0) is 14.3. The van der Waals surface area contributed by atoms with Gasteiger partial charge in [0.2, 0.25) is 0 Å². The minimum absolute atomic E-state index is 1.03. The summed E-state index contributed by atoms with van der Waals surface area (Å²) < 4.78 is 0. The van der Waals surface area contributed by atoms with Crippen molar-refractivity contribution in [1.82, 2.24) is 20.4 Å². The van der Waals surface area contributed by atoms with Gasteiger partial charge >= 0.3 is 0 Å². The summed E-state index contributed by atoms with van der Waals surface area (Å²) in [5.41, 5.74) is 9.00. The van der Waals surface area contributed by atoms with Gasteiger partial charge in [0.05, 0.1) is 11.4 Å². The highest BCUT2D eigenvalue weighted by Gasteiger charge is 2.13. The Morgan fingerprint density at radius 1 is 0.750 bits per heavy atom. The molecule has 0 fully saturated rings. The van der Waals surface area contributed by atoms with Crippen molar-refractivity contribution < 1.29 is 0 Å². The van der Waals surface area contributed by atoms with E-state index in [1.807, 2.05) is 13.8 Å². The van der Waals surface area contributed by atoms with Gasteiger partial charge < -0.3 is 0 Å². The van der Waals surface area contributed by atoms with Crippen LogP contribution >= 0.6 is 0 Å². The van der Waals surface area contributed by atoms with Gasteiger partial charge in [0, 0.05) is 22.5 Å². The van der Waals surface area contributed by atoms with Gasteiger partial charge in [-0.15, -0.1) is 0 Å². The average Bonchev–Trinajstić information content (AvgIpc) is 2.93. The normalized spacial score (nSPS) is 11.0. The molecular weight excluding hydrogens is 248 g/mol. The molecule has 0 saturated carbocycles. The molecule has 0 saturated heterocycles. The Labute approximate surface area is 118 Å². The molecule has 0 radical (unpaired) electrons. The third-order valence-corrected chi connectivity index (χ3v) is 3.70. The van der Waals surface area contributed by atoms with Crippen LogP contribution in [0.15, 0.2) is 24.3 Å². The summed E-state index contributed by atoms with van der Waals surface area (Å²) in [5, 5.41) is 14.6. The maximum absolute atomic E-state index is 4.28. The SMILES string of the molecule is Cc1n[nH]c(C)c1-c1cccc(-c2c(C)n[nH]c2C)c1. The van der Waals surface area contributed by atoms with Crippen molar-refractivity contribution in [1.29, 1.82) is 0 Å². The molecule has 0 aliphatic carbocycles. The Hall–Kier alpha value is -2.36. The van der Waals surface area contributed by atoms with Crippen LogP contribution in [0.25, 0.3) is 22.3 Å². The van der Waals surface area contributed by atoms with Crippen LogP contribution < -0.4 is 0 Å². The predicted molar refractivity (Wildman–Crippen MR) is 80.6 cm³/mol. The average molecular weight is 266 g/mol. The standard InChI is InChI=1S/C16H18N4/c1-9-15(10(2)18-17-9)13-6-5-7-14(8-13)16-11(3)19-20-12(16)4/h5-8H,1-4H3,(H,17,18)(H,19,20). The van der Waals surface area contributed by atoms with Crippen LogP contribution in [-0.2, 0) is 0 Å². The van der Waals surface area contributed by atoms with Crippen LogP contribution in [-0.4, -0.2) is 20.4 Å². The van der Waals surface area contributed by atoms with Crippen molar-refractivity contribution in [2.75, 3.05) is 0 Å². The molecule has 3 rings (SSSR count). The fraction of sp³-hybridized carbons (Fsp3) is 0.250. The van der Waals surface area contributed by atoms with Gasteiger partial charge in [-0.2, -0.15) is 10.2 Å². The number of aromatic amines is 2. The summed E-state index contributed by atoms with van der Waals surface area (Å²) in [5.74, 6) is 0. The molecule has 2 N–H and O–H groups in total. The summed E-state index contributed by atoms with van der Waals surface area (Å²) in [6.45, 7) is 8.16. The second-order valence-corrected chi connectivity index (χ2v) is 5.20. The van der Waals surface area contributed by atoms with E-state index < -0.39 is 0 Å². The van der Waals surface area contributed by atoms with Crippen molar-refractivity contribution in [3.8, 4) is 22.3 Å². The molecule has 3 aromatic rings. The van der Waals surface area contributed by atoms with E-state index in [2.05, 4.69) is 58.5 Å². The highest BCUT2D eigenvalue weighted by atomic mass is 15.1. The molecule has 1 aromatic carbocycles. The van der Waals surface area contributed by atoms with Gasteiger partial charge in [-0.25, -0.2) is 0 Å². The smallest absolute Gasteiger partial charge is 0.0672 e. The molecule has 0 atom stereocenters. The van der Waals surface area contributed by atoms with Gasteiger partial charge in [0.1, 0.15) is 0 Å². The lowest BCUT2D eigenvalue weighted by Gasteiger charge is -2.06. The molecule has 4 nitrogen and oxygen atoms in total. The largest absolute Gasteiger partial charge is 0.282 e. The number of rotatable bonds is 2. The van der Waals surface area contributed by atoms with Gasteiger partial charge in [-0.05, 0) is 44.9 Å². The second kappa shape index (κ2) is 4.63. The van der Waals surface area contributed by atoms with Gasteiger partial charge in [0.15, 0.2) is 0 Å². The highest BCUT2D eigenvalue weighted by Crippen LogP contribution is 2.31. The van der Waals surface area contributed by atoms with Crippen LogP contribution in [0.2, 0.25) is 0 Å². The van der Waals surface area contributed by atoms with E-state index in [-0.39, 0.29) is 0 Å². The number of nitrogens with zero attached hydrogens (tertiary/aromatic N) is 2. The Morgan fingerprint density at radius 2 is 1.20 bits per heavy atom. The Morgan fingerprint density at radius 3 is 1.55 bits per heavy atom. The molecular formula is C16H18N4. The number of nitrogens with one attached hydrogen (secondary N) is 2. The van der Waals surface area contributed by atoms with Crippen LogP contribution in [0, 0.1) is 27.7 Å². The molecule has 0 bridgehead atoms. The lowest BCUT2D eigenvalue weighted by atomic mass is 9.97. The van der Waals surface area contributed by atoms with Gasteiger partial charge in [-0.1, -0.05) is 18.2 Å². The molecule has 0 amide bonds. The van der Waals surface area contributed by atoms with Crippen LogP contribution in [0.1, 0.15) is 22.8 Å². The van der Waals surface area contributed by atoms with E-state index >= 15 is 0 Å². The highest BCUT2D eigenvalue weighted by molar-refractivity contribution is 5.77. The summed E-state index contributed by atoms with van der Waals surface area (Å²) in [6, 6.07) is 8.54. The van der Waals surface area contributed by atoms with Gasteiger partial charge in [0.25, 0.3) is 0 Å². The molecule has 0 aliphatic rings. The fourth-order valence-corrected chi connectivity index (χ4v) is 2.78. The van der Waals surface area contributed by atoms with E-state index in [9.17, 15) is 0 Å². The molecule has 2 heterocycles. The maximum Gasteiger partial charge on any atom is 0.0672 e. The first-order valence-electron chi connectivity index (χ1n) is 6.72. The molecule has 2 aromatic heterocycles. The summed E-state index contributed by atoms with van der Waals surface area (Å²) in [6.07, 6.45) is 0. The van der Waals surface area contributed by atoms with E-state index in [0.717, 1.165) is 22.8 Å². The van der Waals surface area contributed by atoms with Crippen LogP contribution in [0.3, 0.4) is 0 Å². The van der Waals surface area contributed by atoms with Crippen molar-refractivity contribution in [2.45, 2.75) is 27.7 Å².